The number of likely N-dealkylation sites (tertiary alicyclic amines) is 1. The number of amides is 1. The van der Waals surface area contributed by atoms with Crippen LogP contribution in [0.4, 0.5) is 0 Å². The fourth-order valence-corrected chi connectivity index (χ4v) is 5.37. The number of imidazole rings is 1. The molecule has 0 saturated carbocycles. The van der Waals surface area contributed by atoms with Crippen LogP contribution < -0.4 is 5.69 Å². The summed E-state index contributed by atoms with van der Waals surface area (Å²) in [7, 11) is 2.17. The Morgan fingerprint density at radius 2 is 1.70 bits per heavy atom. The van der Waals surface area contributed by atoms with E-state index in [1.807, 2.05) is 35.2 Å². The van der Waals surface area contributed by atoms with E-state index in [0.717, 1.165) is 44.6 Å². The molecule has 2 aliphatic heterocycles. The number of hydrogen-bond donors (Lipinski definition) is 1. The Labute approximate surface area is 198 Å². The number of H-pyrrole nitrogens is 1. The van der Waals surface area contributed by atoms with Crippen LogP contribution in [-0.2, 0) is 4.79 Å². The Bertz CT molecular complexity index is 1170. The van der Waals surface area contributed by atoms with Gasteiger partial charge in [0.25, 0.3) is 0 Å². The highest BCUT2D eigenvalue weighted by Gasteiger charge is 2.34. The van der Waals surface area contributed by atoms with Crippen LogP contribution in [0.1, 0.15) is 24.4 Å². The maximum Gasteiger partial charge on any atom is 0.327 e. The molecule has 1 unspecified atom stereocenters. The molecule has 0 spiro atoms. The van der Waals surface area contributed by atoms with E-state index < -0.39 is 6.04 Å². The Hall–Kier alpha value is -2.61. The summed E-state index contributed by atoms with van der Waals surface area (Å²) in [6, 6.07) is 14.6. The monoisotopic (exact) mass is 467 g/mol. The van der Waals surface area contributed by atoms with Gasteiger partial charge in [0, 0.05) is 50.3 Å². The Morgan fingerprint density at radius 1 is 1.00 bits per heavy atom. The smallest absolute Gasteiger partial charge is 0.327 e. The van der Waals surface area contributed by atoms with Gasteiger partial charge in [-0.15, -0.1) is 0 Å². The Kier molecular flexibility index (Phi) is 6.27. The van der Waals surface area contributed by atoms with Gasteiger partial charge in [-0.3, -0.25) is 14.3 Å². The van der Waals surface area contributed by atoms with Gasteiger partial charge < -0.3 is 14.8 Å². The molecule has 2 saturated heterocycles. The van der Waals surface area contributed by atoms with Crippen molar-refractivity contribution in [3.63, 3.8) is 0 Å². The van der Waals surface area contributed by atoms with E-state index in [2.05, 4.69) is 21.8 Å². The number of carbonyl (C=O) groups is 1. The molecule has 2 aliphatic rings. The summed E-state index contributed by atoms with van der Waals surface area (Å²) in [4.78, 5) is 36.7. The maximum atomic E-state index is 13.9. The summed E-state index contributed by atoms with van der Waals surface area (Å²) in [5.74, 6) is -0.0407. The second kappa shape index (κ2) is 9.33. The highest BCUT2D eigenvalue weighted by Crippen LogP contribution is 2.28. The molecule has 0 bridgehead atoms. The van der Waals surface area contributed by atoms with E-state index in [1.165, 1.54) is 0 Å². The van der Waals surface area contributed by atoms with Gasteiger partial charge in [0.05, 0.1) is 11.0 Å². The van der Waals surface area contributed by atoms with Crippen molar-refractivity contribution >= 4 is 28.5 Å². The van der Waals surface area contributed by atoms with Crippen molar-refractivity contribution in [2.75, 3.05) is 46.3 Å². The van der Waals surface area contributed by atoms with Crippen LogP contribution in [0.5, 0.6) is 0 Å². The maximum absolute atomic E-state index is 13.9. The summed E-state index contributed by atoms with van der Waals surface area (Å²) < 4.78 is 1.56. The molecular formula is C25H30ClN5O2. The lowest BCUT2D eigenvalue weighted by molar-refractivity contribution is -0.135. The average molecular weight is 468 g/mol. The van der Waals surface area contributed by atoms with Crippen LogP contribution in [-0.4, -0.2) is 82.5 Å². The molecule has 2 fully saturated rings. The minimum absolute atomic E-state index is 0.0407. The van der Waals surface area contributed by atoms with Crippen LogP contribution in [0.25, 0.3) is 11.0 Å². The molecule has 1 N–H and O–H groups in total. The summed E-state index contributed by atoms with van der Waals surface area (Å²) >= 11 is 6.25. The fourth-order valence-electron chi connectivity index (χ4n) is 5.20. The first-order valence-corrected chi connectivity index (χ1v) is 12.0. The number of nitrogens with zero attached hydrogens (tertiary/aromatic N) is 4. The second-order valence-corrected chi connectivity index (χ2v) is 9.61. The predicted octanol–water partition coefficient (Wildman–Crippen LogP) is 2.81. The van der Waals surface area contributed by atoms with Crippen LogP contribution >= 0.6 is 11.6 Å². The number of likely N-dealkylation sites (N-methyl/N-ethyl adjacent to an activating group) is 1. The first-order chi connectivity index (χ1) is 16.0. The number of nitrogens with one attached hydrogen (secondary N) is 1. The lowest BCUT2D eigenvalue weighted by Gasteiger charge is -2.42. The zero-order chi connectivity index (χ0) is 22.9. The number of fused-ring (bicyclic) bond motifs is 1. The zero-order valence-electron chi connectivity index (χ0n) is 18.9. The van der Waals surface area contributed by atoms with Gasteiger partial charge >= 0.3 is 5.69 Å². The molecule has 1 atom stereocenters. The SMILES string of the molecule is CN1CCN(C2CCN(C(=O)C(c3ccccc3)n3c(=O)[nH]c4ccc(Cl)cc43)CC2)CC1. The minimum atomic E-state index is -0.730. The average Bonchev–Trinajstić information content (AvgIpc) is 3.15. The lowest BCUT2D eigenvalue weighted by Crippen LogP contribution is -2.53. The van der Waals surface area contributed by atoms with Gasteiger partial charge in [-0.2, -0.15) is 0 Å². The summed E-state index contributed by atoms with van der Waals surface area (Å²) in [5.41, 5.74) is 1.81. The molecule has 174 valence electrons. The van der Waals surface area contributed by atoms with Gasteiger partial charge in [-0.05, 0) is 43.7 Å². The van der Waals surface area contributed by atoms with Crippen LogP contribution in [0.3, 0.4) is 0 Å². The largest absolute Gasteiger partial charge is 0.340 e. The standard InChI is InChI=1S/C25H30ClN5O2/c1-28-13-15-29(16-14-28)20-9-11-30(12-10-20)24(32)23(18-5-3-2-4-6-18)31-22-17-19(26)7-8-21(22)27-25(31)33/h2-8,17,20,23H,9-16H2,1H3,(H,27,33). The lowest BCUT2D eigenvalue weighted by atomic mass is 9.99. The van der Waals surface area contributed by atoms with Gasteiger partial charge in [-0.1, -0.05) is 41.9 Å². The predicted molar refractivity (Wildman–Crippen MR) is 131 cm³/mol. The first-order valence-electron chi connectivity index (χ1n) is 11.7. The summed E-state index contributed by atoms with van der Waals surface area (Å²) in [6.07, 6.45) is 1.93. The number of rotatable bonds is 4. The number of carbonyl (C=O) groups excluding carboxylic acids is 1. The van der Waals surface area contributed by atoms with E-state index in [0.29, 0.717) is 35.2 Å². The molecule has 5 rings (SSSR count). The minimum Gasteiger partial charge on any atom is -0.340 e. The van der Waals surface area contributed by atoms with Crippen molar-refractivity contribution in [2.45, 2.75) is 24.9 Å². The zero-order valence-corrected chi connectivity index (χ0v) is 19.7. The van der Waals surface area contributed by atoms with E-state index in [-0.39, 0.29) is 11.6 Å². The number of hydrogen-bond acceptors (Lipinski definition) is 4. The molecule has 1 aromatic heterocycles. The van der Waals surface area contributed by atoms with Gasteiger partial charge in [0.2, 0.25) is 5.91 Å². The van der Waals surface area contributed by atoms with Crippen molar-refractivity contribution in [3.05, 3.63) is 69.6 Å². The molecule has 33 heavy (non-hydrogen) atoms. The molecule has 7 nitrogen and oxygen atoms in total. The highest BCUT2D eigenvalue weighted by molar-refractivity contribution is 6.31. The van der Waals surface area contributed by atoms with Gasteiger partial charge in [0.15, 0.2) is 0 Å². The van der Waals surface area contributed by atoms with E-state index >= 15 is 0 Å². The van der Waals surface area contributed by atoms with Crippen molar-refractivity contribution in [3.8, 4) is 0 Å². The number of piperidine rings is 1. The highest BCUT2D eigenvalue weighted by atomic mass is 35.5. The molecule has 0 aliphatic carbocycles. The quantitative estimate of drug-likeness (QED) is 0.641. The molecule has 2 aromatic carbocycles. The van der Waals surface area contributed by atoms with Crippen molar-refractivity contribution < 1.29 is 4.79 Å². The normalized spacial score (nSPS) is 19.8. The number of halogens is 1. The Morgan fingerprint density at radius 3 is 2.39 bits per heavy atom. The third-order valence-electron chi connectivity index (χ3n) is 7.12. The van der Waals surface area contributed by atoms with Gasteiger partial charge in [0.1, 0.15) is 6.04 Å². The number of benzene rings is 2. The summed E-state index contributed by atoms with van der Waals surface area (Å²) in [6.45, 7) is 5.79. The van der Waals surface area contributed by atoms with Crippen LogP contribution in [0.2, 0.25) is 5.02 Å². The van der Waals surface area contributed by atoms with Crippen molar-refractivity contribution in [1.82, 2.24) is 24.3 Å². The molecule has 3 aromatic rings. The fraction of sp³-hybridized carbons (Fsp3) is 0.440. The third-order valence-corrected chi connectivity index (χ3v) is 7.35. The molecule has 3 heterocycles. The number of aromatic nitrogens is 2. The van der Waals surface area contributed by atoms with Crippen molar-refractivity contribution in [2.24, 2.45) is 0 Å². The topological polar surface area (TPSA) is 64.6 Å². The molecule has 8 heteroatoms. The van der Waals surface area contributed by atoms with Crippen LogP contribution in [0, 0.1) is 0 Å². The van der Waals surface area contributed by atoms with E-state index in [1.54, 1.807) is 22.8 Å². The third kappa shape index (κ3) is 4.45. The van der Waals surface area contributed by atoms with Crippen LogP contribution in [0.15, 0.2) is 53.3 Å². The molecule has 1 amide bonds. The van der Waals surface area contributed by atoms with Gasteiger partial charge in [-0.25, -0.2) is 4.79 Å². The number of aromatic amines is 1. The Balaban J connectivity index is 1.42. The molecule has 0 radical (unpaired) electrons. The number of piperazine rings is 1. The van der Waals surface area contributed by atoms with Crippen molar-refractivity contribution in [1.29, 1.82) is 0 Å². The first kappa shape index (κ1) is 22.2. The van der Waals surface area contributed by atoms with E-state index in [9.17, 15) is 9.59 Å². The summed E-state index contributed by atoms with van der Waals surface area (Å²) in [5, 5.41) is 0.530. The molecular weight excluding hydrogens is 438 g/mol. The second-order valence-electron chi connectivity index (χ2n) is 9.17. The van der Waals surface area contributed by atoms with E-state index in [4.69, 9.17) is 11.6 Å².